The molecule has 2 rings (SSSR count). The molecule has 1 heterocycles. The van der Waals surface area contributed by atoms with E-state index in [-0.39, 0.29) is 24.0 Å². The minimum absolute atomic E-state index is 0. The van der Waals surface area contributed by atoms with Gasteiger partial charge in [0.15, 0.2) is 5.96 Å². The quantitative estimate of drug-likeness (QED) is 0.175. The summed E-state index contributed by atoms with van der Waals surface area (Å²) in [5.74, 6) is 0.865. The van der Waals surface area contributed by atoms with Crippen molar-refractivity contribution in [1.82, 2.24) is 15.5 Å². The predicted molar refractivity (Wildman–Crippen MR) is 136 cm³/mol. The lowest BCUT2D eigenvalue weighted by atomic mass is 10.1. The molecule has 1 saturated heterocycles. The zero-order valence-corrected chi connectivity index (χ0v) is 21.3. The molecule has 1 atom stereocenters. The Morgan fingerprint density at radius 1 is 1.17 bits per heavy atom. The van der Waals surface area contributed by atoms with Crippen LogP contribution in [-0.4, -0.2) is 63.0 Å². The summed E-state index contributed by atoms with van der Waals surface area (Å²) in [4.78, 5) is 7.23. The topological polar surface area (TPSA) is 58.1 Å². The van der Waals surface area contributed by atoms with Crippen molar-refractivity contribution in [3.05, 3.63) is 35.4 Å². The molecule has 0 bridgehead atoms. The number of hydrogen-bond acceptors (Lipinski definition) is 4. The second-order valence-electron chi connectivity index (χ2n) is 7.42. The molecule has 1 aliphatic heterocycles. The average Bonchev–Trinajstić information content (AvgIpc) is 3.26. The first-order valence-corrected chi connectivity index (χ1v) is 11.3. The van der Waals surface area contributed by atoms with E-state index in [2.05, 4.69) is 60.6 Å². The number of aliphatic imine (C=N–C) groups is 1. The van der Waals surface area contributed by atoms with Crippen LogP contribution in [0.1, 0.15) is 51.2 Å². The molecule has 1 aliphatic rings. The minimum Gasteiger partial charge on any atom is -0.379 e. The van der Waals surface area contributed by atoms with Gasteiger partial charge in [-0.1, -0.05) is 38.1 Å². The molecule has 6 nitrogen and oxygen atoms in total. The minimum atomic E-state index is 0. The first-order valence-electron chi connectivity index (χ1n) is 11.3. The summed E-state index contributed by atoms with van der Waals surface area (Å²) < 4.78 is 11.3. The summed E-state index contributed by atoms with van der Waals surface area (Å²) in [7, 11) is 0. The van der Waals surface area contributed by atoms with E-state index in [9.17, 15) is 0 Å². The van der Waals surface area contributed by atoms with Gasteiger partial charge in [0.1, 0.15) is 0 Å². The molecule has 0 radical (unpaired) electrons. The summed E-state index contributed by atoms with van der Waals surface area (Å²) >= 11 is 0. The smallest absolute Gasteiger partial charge is 0.191 e. The maximum atomic E-state index is 5.73. The van der Waals surface area contributed by atoms with Crippen LogP contribution >= 0.6 is 24.0 Å². The van der Waals surface area contributed by atoms with Crippen LogP contribution in [0.2, 0.25) is 0 Å². The van der Waals surface area contributed by atoms with Crippen molar-refractivity contribution in [1.29, 1.82) is 0 Å². The second kappa shape index (κ2) is 16.8. The average molecular weight is 533 g/mol. The Kier molecular flexibility index (Phi) is 15.2. The third kappa shape index (κ3) is 10.4. The molecule has 30 heavy (non-hydrogen) atoms. The lowest BCUT2D eigenvalue weighted by Crippen LogP contribution is -2.38. The van der Waals surface area contributed by atoms with Gasteiger partial charge < -0.3 is 20.1 Å². The number of nitrogens with one attached hydrogen (secondary N) is 2. The van der Waals surface area contributed by atoms with Crippen molar-refractivity contribution in [2.24, 2.45) is 4.99 Å². The Labute approximate surface area is 200 Å². The molecule has 2 N–H and O–H groups in total. The zero-order valence-electron chi connectivity index (χ0n) is 19.0. The first kappa shape index (κ1) is 27.1. The summed E-state index contributed by atoms with van der Waals surface area (Å²) in [5, 5.41) is 6.76. The fraction of sp³-hybridized carbons (Fsp3) is 0.696. The molecule has 7 heteroatoms. The van der Waals surface area contributed by atoms with Crippen LogP contribution in [-0.2, 0) is 22.6 Å². The lowest BCUT2D eigenvalue weighted by Gasteiger charge is -2.20. The molecule has 0 saturated carbocycles. The van der Waals surface area contributed by atoms with Crippen LogP contribution in [0.5, 0.6) is 0 Å². The Hall–Kier alpha value is -0.900. The van der Waals surface area contributed by atoms with Crippen molar-refractivity contribution in [3.8, 4) is 0 Å². The molecule has 1 unspecified atom stereocenters. The maximum Gasteiger partial charge on any atom is 0.191 e. The van der Waals surface area contributed by atoms with Gasteiger partial charge in [0, 0.05) is 32.8 Å². The normalized spacial score (nSPS) is 16.5. The van der Waals surface area contributed by atoms with Gasteiger partial charge in [-0.15, -0.1) is 24.0 Å². The highest BCUT2D eigenvalue weighted by molar-refractivity contribution is 14.0. The van der Waals surface area contributed by atoms with Gasteiger partial charge >= 0.3 is 0 Å². The molecular formula is C23H41IN4O2. The number of halogens is 1. The van der Waals surface area contributed by atoms with Gasteiger partial charge in [0.2, 0.25) is 0 Å². The first-order chi connectivity index (χ1) is 14.3. The van der Waals surface area contributed by atoms with Crippen LogP contribution < -0.4 is 10.6 Å². The highest BCUT2D eigenvalue weighted by atomic mass is 127. The van der Waals surface area contributed by atoms with Crippen molar-refractivity contribution < 1.29 is 9.47 Å². The van der Waals surface area contributed by atoms with Gasteiger partial charge in [0.25, 0.3) is 0 Å². The summed E-state index contributed by atoms with van der Waals surface area (Å²) in [6.45, 7) is 14.3. The number of hydrogen-bond donors (Lipinski definition) is 2. The largest absolute Gasteiger partial charge is 0.379 e. The van der Waals surface area contributed by atoms with E-state index in [0.717, 1.165) is 77.8 Å². The van der Waals surface area contributed by atoms with E-state index in [1.165, 1.54) is 11.1 Å². The fourth-order valence-corrected chi connectivity index (χ4v) is 3.43. The predicted octanol–water partition coefficient (Wildman–Crippen LogP) is 3.79. The Morgan fingerprint density at radius 2 is 1.93 bits per heavy atom. The second-order valence-corrected chi connectivity index (χ2v) is 7.42. The van der Waals surface area contributed by atoms with Crippen molar-refractivity contribution in [2.45, 2.75) is 59.2 Å². The molecule has 0 amide bonds. The van der Waals surface area contributed by atoms with E-state index in [1.807, 2.05) is 0 Å². The Bertz CT molecular complexity index is 590. The number of rotatable bonds is 13. The van der Waals surface area contributed by atoms with E-state index >= 15 is 0 Å². The van der Waals surface area contributed by atoms with Gasteiger partial charge in [-0.2, -0.15) is 0 Å². The van der Waals surface area contributed by atoms with E-state index < -0.39 is 0 Å². The van der Waals surface area contributed by atoms with Crippen molar-refractivity contribution >= 4 is 29.9 Å². The van der Waals surface area contributed by atoms with Crippen LogP contribution in [0, 0.1) is 0 Å². The molecular weight excluding hydrogens is 491 g/mol. The molecule has 1 aromatic carbocycles. The number of guanidine groups is 1. The molecule has 0 aliphatic carbocycles. The number of nitrogens with zero attached hydrogens (tertiary/aromatic N) is 2. The molecule has 1 aromatic rings. The summed E-state index contributed by atoms with van der Waals surface area (Å²) in [6.07, 6.45) is 3.55. The van der Waals surface area contributed by atoms with E-state index in [4.69, 9.17) is 14.5 Å². The van der Waals surface area contributed by atoms with Crippen LogP contribution in [0.15, 0.2) is 29.3 Å². The van der Waals surface area contributed by atoms with Crippen molar-refractivity contribution in [2.75, 3.05) is 46.0 Å². The maximum absolute atomic E-state index is 5.73. The summed E-state index contributed by atoms with van der Waals surface area (Å²) in [5.41, 5.74) is 2.65. The van der Waals surface area contributed by atoms with E-state index in [1.54, 1.807) is 0 Å². The van der Waals surface area contributed by atoms with Gasteiger partial charge in [0.05, 0.1) is 19.3 Å². The fourth-order valence-electron chi connectivity index (χ4n) is 3.43. The third-order valence-corrected chi connectivity index (χ3v) is 5.24. The SMILES string of the molecule is CCNC(=NCc1ccccc1CN(CC)CC)NCCCOCC1CCCO1.I. The van der Waals surface area contributed by atoms with Gasteiger partial charge in [-0.25, -0.2) is 4.99 Å². The number of benzene rings is 1. The van der Waals surface area contributed by atoms with Crippen LogP contribution in [0.4, 0.5) is 0 Å². The van der Waals surface area contributed by atoms with Gasteiger partial charge in [-0.05, 0) is 50.4 Å². The van der Waals surface area contributed by atoms with Crippen molar-refractivity contribution in [3.63, 3.8) is 0 Å². The van der Waals surface area contributed by atoms with Crippen LogP contribution in [0.3, 0.4) is 0 Å². The van der Waals surface area contributed by atoms with Crippen LogP contribution in [0.25, 0.3) is 0 Å². The lowest BCUT2D eigenvalue weighted by molar-refractivity contribution is 0.0168. The zero-order chi connectivity index (χ0) is 20.7. The highest BCUT2D eigenvalue weighted by Crippen LogP contribution is 2.13. The Balaban J connectivity index is 0.00000450. The summed E-state index contributed by atoms with van der Waals surface area (Å²) in [6, 6.07) is 8.62. The number of ether oxygens (including phenoxy) is 2. The highest BCUT2D eigenvalue weighted by Gasteiger charge is 2.14. The third-order valence-electron chi connectivity index (χ3n) is 5.24. The molecule has 172 valence electrons. The van der Waals surface area contributed by atoms with E-state index in [0.29, 0.717) is 12.6 Å². The Morgan fingerprint density at radius 3 is 2.60 bits per heavy atom. The monoisotopic (exact) mass is 532 g/mol. The standard InChI is InChI=1S/C23H40N4O2.HI/c1-4-24-23(25-14-10-15-28-19-22-13-9-16-29-22)26-17-20-11-7-8-12-21(20)18-27(5-2)6-3;/h7-8,11-12,22H,4-6,9-10,13-19H2,1-3H3,(H2,24,25,26);1H. The molecule has 0 spiro atoms. The molecule has 0 aromatic heterocycles. The molecule has 1 fully saturated rings. The van der Waals surface area contributed by atoms with Gasteiger partial charge in [-0.3, -0.25) is 4.90 Å².